The number of nitrogens with one attached hydrogen (secondary N) is 1. The zero-order valence-corrected chi connectivity index (χ0v) is 12.9. The molecule has 20 heavy (non-hydrogen) atoms. The number of rotatable bonds is 4. The Morgan fingerprint density at radius 3 is 2.65 bits per heavy atom. The Morgan fingerprint density at radius 1 is 1.10 bits per heavy atom. The highest BCUT2D eigenvalue weighted by atomic mass is 15.2. The Balaban J connectivity index is 1.54. The zero-order chi connectivity index (χ0) is 13.9. The molecule has 0 radical (unpaired) electrons. The molecule has 1 aromatic rings. The molecule has 0 spiro atoms. The molecule has 2 fully saturated rings. The molecule has 0 amide bonds. The van der Waals surface area contributed by atoms with E-state index < -0.39 is 0 Å². The van der Waals surface area contributed by atoms with Gasteiger partial charge in [-0.05, 0) is 42.9 Å². The Morgan fingerprint density at radius 2 is 1.90 bits per heavy atom. The fourth-order valence-corrected chi connectivity index (χ4v) is 3.75. The van der Waals surface area contributed by atoms with Crippen molar-refractivity contribution in [1.29, 1.82) is 0 Å². The van der Waals surface area contributed by atoms with Crippen molar-refractivity contribution in [2.24, 2.45) is 0 Å². The first kappa shape index (κ1) is 14.1. The van der Waals surface area contributed by atoms with E-state index in [4.69, 9.17) is 0 Å². The second-order valence-corrected chi connectivity index (χ2v) is 6.77. The molecule has 1 aromatic carbocycles. The maximum Gasteiger partial charge on any atom is 0.0249 e. The van der Waals surface area contributed by atoms with Crippen LogP contribution >= 0.6 is 0 Å². The van der Waals surface area contributed by atoms with Crippen LogP contribution in [0.15, 0.2) is 24.3 Å². The predicted octanol–water partition coefficient (Wildman–Crippen LogP) is 3.53. The van der Waals surface area contributed by atoms with Gasteiger partial charge in [-0.1, -0.05) is 44.5 Å². The maximum atomic E-state index is 3.80. The first-order valence-electron chi connectivity index (χ1n) is 8.30. The maximum absolute atomic E-state index is 3.80. The van der Waals surface area contributed by atoms with Gasteiger partial charge in [0.05, 0.1) is 0 Å². The summed E-state index contributed by atoms with van der Waals surface area (Å²) in [6.45, 7) is 8.15. The standard InChI is InChI=1S/C18H28N2/c1-14(2)16-8-6-15(7-9-16)13-19-17-10-12-20-11-4-3-5-18(17)20/h6-9,14,17-19H,3-5,10-13H2,1-2H3. The first-order valence-corrected chi connectivity index (χ1v) is 8.30. The summed E-state index contributed by atoms with van der Waals surface area (Å²) in [4.78, 5) is 2.70. The van der Waals surface area contributed by atoms with Crippen molar-refractivity contribution in [3.8, 4) is 0 Å². The highest BCUT2D eigenvalue weighted by molar-refractivity contribution is 5.24. The average Bonchev–Trinajstić information content (AvgIpc) is 2.89. The number of benzene rings is 1. The lowest BCUT2D eigenvalue weighted by Gasteiger charge is -2.32. The molecule has 1 N–H and O–H groups in total. The Labute approximate surface area is 123 Å². The summed E-state index contributed by atoms with van der Waals surface area (Å²) in [6.07, 6.45) is 5.54. The van der Waals surface area contributed by atoms with Gasteiger partial charge in [0.2, 0.25) is 0 Å². The van der Waals surface area contributed by atoms with Crippen LogP contribution < -0.4 is 5.32 Å². The van der Waals surface area contributed by atoms with E-state index in [1.807, 2.05) is 0 Å². The van der Waals surface area contributed by atoms with E-state index in [2.05, 4.69) is 48.3 Å². The summed E-state index contributed by atoms with van der Waals surface area (Å²) in [5.41, 5.74) is 2.86. The molecule has 2 unspecified atom stereocenters. The molecular weight excluding hydrogens is 244 g/mol. The third kappa shape index (κ3) is 3.07. The Hall–Kier alpha value is -0.860. The van der Waals surface area contributed by atoms with E-state index in [1.165, 1.54) is 49.9 Å². The van der Waals surface area contributed by atoms with Gasteiger partial charge >= 0.3 is 0 Å². The largest absolute Gasteiger partial charge is 0.308 e. The minimum Gasteiger partial charge on any atom is -0.308 e. The van der Waals surface area contributed by atoms with Crippen LogP contribution in [0.4, 0.5) is 0 Å². The van der Waals surface area contributed by atoms with Gasteiger partial charge in [-0.2, -0.15) is 0 Å². The van der Waals surface area contributed by atoms with E-state index >= 15 is 0 Å². The van der Waals surface area contributed by atoms with Crippen molar-refractivity contribution in [2.75, 3.05) is 13.1 Å². The van der Waals surface area contributed by atoms with Crippen LogP contribution in [0.1, 0.15) is 56.6 Å². The van der Waals surface area contributed by atoms with Crippen molar-refractivity contribution in [3.05, 3.63) is 35.4 Å². The van der Waals surface area contributed by atoms with Gasteiger partial charge < -0.3 is 5.32 Å². The molecule has 2 nitrogen and oxygen atoms in total. The topological polar surface area (TPSA) is 15.3 Å². The summed E-state index contributed by atoms with van der Waals surface area (Å²) in [6, 6.07) is 10.6. The molecular formula is C18H28N2. The minimum atomic E-state index is 0.627. The molecule has 2 saturated heterocycles. The summed E-state index contributed by atoms with van der Waals surface area (Å²) >= 11 is 0. The minimum absolute atomic E-state index is 0.627. The van der Waals surface area contributed by atoms with Gasteiger partial charge in [0.1, 0.15) is 0 Å². The van der Waals surface area contributed by atoms with Crippen LogP contribution in [0.3, 0.4) is 0 Å². The smallest absolute Gasteiger partial charge is 0.0249 e. The molecule has 0 aromatic heterocycles. The fourth-order valence-electron chi connectivity index (χ4n) is 3.75. The first-order chi connectivity index (χ1) is 9.74. The van der Waals surface area contributed by atoms with Crippen molar-refractivity contribution in [1.82, 2.24) is 10.2 Å². The fraction of sp³-hybridized carbons (Fsp3) is 0.667. The number of fused-ring (bicyclic) bond motifs is 1. The summed E-state index contributed by atoms with van der Waals surface area (Å²) in [5, 5.41) is 3.80. The van der Waals surface area contributed by atoms with Crippen molar-refractivity contribution in [2.45, 2.75) is 64.1 Å². The lowest BCUT2D eigenvalue weighted by molar-refractivity contribution is 0.180. The van der Waals surface area contributed by atoms with E-state index in [1.54, 1.807) is 0 Å². The molecule has 0 saturated carbocycles. The SMILES string of the molecule is CC(C)c1ccc(CNC2CCN3CCCCC23)cc1. The highest BCUT2D eigenvalue weighted by Gasteiger charge is 2.34. The molecule has 2 aliphatic rings. The van der Waals surface area contributed by atoms with Crippen molar-refractivity contribution in [3.63, 3.8) is 0 Å². The number of piperidine rings is 1. The molecule has 2 aliphatic heterocycles. The van der Waals surface area contributed by atoms with Crippen LogP contribution in [-0.4, -0.2) is 30.1 Å². The number of hydrogen-bond donors (Lipinski definition) is 1. The van der Waals surface area contributed by atoms with Crippen molar-refractivity contribution >= 4 is 0 Å². The predicted molar refractivity (Wildman–Crippen MR) is 85.0 cm³/mol. The number of nitrogens with zero attached hydrogens (tertiary/aromatic N) is 1. The monoisotopic (exact) mass is 272 g/mol. The van der Waals surface area contributed by atoms with Gasteiger partial charge in [0, 0.05) is 25.2 Å². The van der Waals surface area contributed by atoms with E-state index in [9.17, 15) is 0 Å². The second kappa shape index (κ2) is 6.28. The van der Waals surface area contributed by atoms with Gasteiger partial charge in [-0.15, -0.1) is 0 Å². The van der Waals surface area contributed by atoms with Crippen LogP contribution in [0.25, 0.3) is 0 Å². The normalized spacial score (nSPS) is 26.9. The Kier molecular flexibility index (Phi) is 4.42. The zero-order valence-electron chi connectivity index (χ0n) is 12.9. The molecule has 110 valence electrons. The molecule has 2 heterocycles. The van der Waals surface area contributed by atoms with E-state index in [0.717, 1.165) is 12.6 Å². The summed E-state index contributed by atoms with van der Waals surface area (Å²) in [7, 11) is 0. The van der Waals surface area contributed by atoms with Crippen LogP contribution in [0.5, 0.6) is 0 Å². The third-order valence-corrected chi connectivity index (χ3v) is 5.07. The second-order valence-electron chi connectivity index (χ2n) is 6.77. The summed E-state index contributed by atoms with van der Waals surface area (Å²) in [5.74, 6) is 0.627. The van der Waals surface area contributed by atoms with Gasteiger partial charge in [-0.25, -0.2) is 0 Å². The molecule has 2 heteroatoms. The van der Waals surface area contributed by atoms with Crippen LogP contribution in [-0.2, 0) is 6.54 Å². The van der Waals surface area contributed by atoms with Gasteiger partial charge in [-0.3, -0.25) is 4.90 Å². The molecule has 0 bridgehead atoms. The van der Waals surface area contributed by atoms with Gasteiger partial charge in [0.15, 0.2) is 0 Å². The third-order valence-electron chi connectivity index (χ3n) is 5.07. The molecule has 3 rings (SSSR count). The quantitative estimate of drug-likeness (QED) is 0.902. The molecule has 0 aliphatic carbocycles. The lowest BCUT2D eigenvalue weighted by Crippen LogP contribution is -2.44. The van der Waals surface area contributed by atoms with Gasteiger partial charge in [0.25, 0.3) is 0 Å². The van der Waals surface area contributed by atoms with E-state index in [0.29, 0.717) is 12.0 Å². The highest BCUT2D eigenvalue weighted by Crippen LogP contribution is 2.27. The lowest BCUT2D eigenvalue weighted by atomic mass is 9.98. The van der Waals surface area contributed by atoms with Crippen LogP contribution in [0, 0.1) is 0 Å². The Bertz CT molecular complexity index is 424. The van der Waals surface area contributed by atoms with Crippen LogP contribution in [0.2, 0.25) is 0 Å². The number of hydrogen-bond acceptors (Lipinski definition) is 2. The van der Waals surface area contributed by atoms with E-state index in [-0.39, 0.29) is 0 Å². The molecule has 2 atom stereocenters. The average molecular weight is 272 g/mol. The summed E-state index contributed by atoms with van der Waals surface area (Å²) < 4.78 is 0. The van der Waals surface area contributed by atoms with Crippen molar-refractivity contribution < 1.29 is 0 Å².